The quantitative estimate of drug-likeness (QED) is 0.538. The lowest BCUT2D eigenvalue weighted by Crippen LogP contribution is -2.25. The minimum absolute atomic E-state index is 0.127. The summed E-state index contributed by atoms with van der Waals surface area (Å²) in [5.74, 6) is 0.127. The van der Waals surface area contributed by atoms with Gasteiger partial charge in [-0.05, 0) is 70.4 Å². The molecule has 5 nitrogen and oxygen atoms in total. The van der Waals surface area contributed by atoms with Crippen molar-refractivity contribution in [3.63, 3.8) is 0 Å². The Morgan fingerprint density at radius 1 is 1.25 bits per heavy atom. The Morgan fingerprint density at radius 2 is 2.00 bits per heavy atom. The molecule has 1 aromatic carbocycles. The molecule has 0 saturated carbocycles. The molecule has 5 heteroatoms. The molecule has 0 spiro atoms. The summed E-state index contributed by atoms with van der Waals surface area (Å²) in [4.78, 5) is 16.4. The largest absolute Gasteiger partial charge is 0.397 e. The molecule has 0 aliphatic carbocycles. The Morgan fingerprint density at radius 3 is 2.67 bits per heavy atom. The number of unbranched alkanes of at least 4 members (excludes halogenated alkanes) is 1. The SMILES string of the molecule is CN(C)CCCCNC(=O)CCc1ccc(N2CCCC2)c(N)c1. The van der Waals surface area contributed by atoms with Crippen molar-refractivity contribution in [1.82, 2.24) is 10.2 Å². The lowest BCUT2D eigenvalue weighted by Gasteiger charge is -2.20. The number of nitrogens with zero attached hydrogens (tertiary/aromatic N) is 2. The average molecular weight is 332 g/mol. The molecule has 134 valence electrons. The molecule has 0 aromatic heterocycles. The van der Waals surface area contributed by atoms with Gasteiger partial charge in [-0.15, -0.1) is 0 Å². The summed E-state index contributed by atoms with van der Waals surface area (Å²) >= 11 is 0. The van der Waals surface area contributed by atoms with Gasteiger partial charge in [-0.25, -0.2) is 0 Å². The van der Waals surface area contributed by atoms with Gasteiger partial charge in [0.2, 0.25) is 5.91 Å². The lowest BCUT2D eigenvalue weighted by atomic mass is 10.1. The van der Waals surface area contributed by atoms with E-state index in [0.717, 1.165) is 62.4 Å². The molecule has 1 saturated heterocycles. The van der Waals surface area contributed by atoms with E-state index in [0.29, 0.717) is 6.42 Å². The third-order valence-electron chi connectivity index (χ3n) is 4.53. The minimum Gasteiger partial charge on any atom is -0.397 e. The second kappa shape index (κ2) is 9.52. The highest BCUT2D eigenvalue weighted by molar-refractivity contribution is 5.76. The Kier molecular flexibility index (Phi) is 7.37. The number of carbonyl (C=O) groups is 1. The molecule has 1 heterocycles. The van der Waals surface area contributed by atoms with Crippen LogP contribution in [0.1, 0.15) is 37.7 Å². The van der Waals surface area contributed by atoms with Crippen LogP contribution in [0.15, 0.2) is 18.2 Å². The lowest BCUT2D eigenvalue weighted by molar-refractivity contribution is -0.121. The van der Waals surface area contributed by atoms with Gasteiger partial charge in [-0.2, -0.15) is 0 Å². The highest BCUT2D eigenvalue weighted by Crippen LogP contribution is 2.27. The number of carbonyl (C=O) groups excluding carboxylic acids is 1. The Bertz CT molecular complexity index is 524. The second-order valence-corrected chi connectivity index (χ2v) is 6.95. The molecule has 1 aromatic rings. The zero-order valence-electron chi connectivity index (χ0n) is 15.2. The number of benzene rings is 1. The van der Waals surface area contributed by atoms with Crippen molar-refractivity contribution < 1.29 is 4.79 Å². The Balaban J connectivity index is 1.69. The molecule has 1 fully saturated rings. The van der Waals surface area contributed by atoms with E-state index in [4.69, 9.17) is 5.73 Å². The van der Waals surface area contributed by atoms with Gasteiger partial charge in [-0.3, -0.25) is 4.79 Å². The fraction of sp³-hybridized carbons (Fsp3) is 0.632. The maximum atomic E-state index is 11.9. The molecule has 2 rings (SSSR count). The van der Waals surface area contributed by atoms with E-state index in [1.807, 2.05) is 6.07 Å². The highest BCUT2D eigenvalue weighted by Gasteiger charge is 2.14. The highest BCUT2D eigenvalue weighted by atomic mass is 16.1. The first kappa shape index (κ1) is 18.6. The third kappa shape index (κ3) is 6.04. The fourth-order valence-corrected chi connectivity index (χ4v) is 3.13. The minimum atomic E-state index is 0.127. The third-order valence-corrected chi connectivity index (χ3v) is 4.53. The van der Waals surface area contributed by atoms with Crippen LogP contribution >= 0.6 is 0 Å². The normalized spacial score (nSPS) is 14.4. The van der Waals surface area contributed by atoms with Crippen LogP contribution in [0.3, 0.4) is 0 Å². The van der Waals surface area contributed by atoms with E-state index in [9.17, 15) is 4.79 Å². The number of nitrogens with one attached hydrogen (secondary N) is 1. The van der Waals surface area contributed by atoms with Gasteiger partial charge in [0.15, 0.2) is 0 Å². The van der Waals surface area contributed by atoms with E-state index in [2.05, 4.69) is 41.3 Å². The van der Waals surface area contributed by atoms with Crippen molar-refractivity contribution in [2.24, 2.45) is 0 Å². The monoisotopic (exact) mass is 332 g/mol. The number of hydrogen-bond donors (Lipinski definition) is 2. The van der Waals surface area contributed by atoms with Gasteiger partial charge in [0.05, 0.1) is 11.4 Å². The summed E-state index contributed by atoms with van der Waals surface area (Å²) in [6, 6.07) is 6.24. The van der Waals surface area contributed by atoms with E-state index in [-0.39, 0.29) is 5.91 Å². The zero-order valence-corrected chi connectivity index (χ0v) is 15.2. The van der Waals surface area contributed by atoms with Crippen molar-refractivity contribution in [1.29, 1.82) is 0 Å². The topological polar surface area (TPSA) is 61.6 Å². The molecular weight excluding hydrogens is 300 g/mol. The van der Waals surface area contributed by atoms with Gasteiger partial charge >= 0.3 is 0 Å². The zero-order chi connectivity index (χ0) is 17.4. The van der Waals surface area contributed by atoms with Crippen molar-refractivity contribution in [3.05, 3.63) is 23.8 Å². The van der Waals surface area contributed by atoms with Crippen LogP contribution in [0.5, 0.6) is 0 Å². The predicted molar refractivity (Wildman–Crippen MR) is 101 cm³/mol. The molecular formula is C19H32N4O. The number of nitrogens with two attached hydrogens (primary N) is 1. The maximum absolute atomic E-state index is 11.9. The van der Waals surface area contributed by atoms with E-state index < -0.39 is 0 Å². The van der Waals surface area contributed by atoms with Gasteiger partial charge in [0.1, 0.15) is 0 Å². The number of rotatable bonds is 9. The molecule has 24 heavy (non-hydrogen) atoms. The molecule has 1 amide bonds. The Labute approximate surface area is 146 Å². The van der Waals surface area contributed by atoms with Gasteiger partial charge in [0, 0.05) is 26.1 Å². The predicted octanol–water partition coefficient (Wildman–Crippen LogP) is 2.26. The first-order valence-corrected chi connectivity index (χ1v) is 9.11. The van der Waals surface area contributed by atoms with Crippen molar-refractivity contribution in [2.75, 3.05) is 50.9 Å². The summed E-state index contributed by atoms with van der Waals surface area (Å²) in [6.45, 7) is 4.03. The van der Waals surface area contributed by atoms with Crippen molar-refractivity contribution >= 4 is 17.3 Å². The van der Waals surface area contributed by atoms with E-state index in [1.54, 1.807) is 0 Å². The summed E-state index contributed by atoms with van der Waals surface area (Å²) in [7, 11) is 4.14. The van der Waals surface area contributed by atoms with Crippen LogP contribution in [0.25, 0.3) is 0 Å². The van der Waals surface area contributed by atoms with Crippen LogP contribution < -0.4 is 16.0 Å². The fourth-order valence-electron chi connectivity index (χ4n) is 3.13. The summed E-state index contributed by atoms with van der Waals surface area (Å²) in [6.07, 6.45) is 5.90. The molecule has 0 radical (unpaired) electrons. The first-order valence-electron chi connectivity index (χ1n) is 9.11. The van der Waals surface area contributed by atoms with Crippen LogP contribution in [0, 0.1) is 0 Å². The van der Waals surface area contributed by atoms with Gasteiger partial charge < -0.3 is 20.9 Å². The average Bonchev–Trinajstić information content (AvgIpc) is 3.06. The number of hydrogen-bond acceptors (Lipinski definition) is 4. The standard InChI is InChI=1S/C19H32N4O/c1-22(2)12-4-3-11-21-19(24)10-8-16-7-9-18(17(20)15-16)23-13-5-6-14-23/h7,9,15H,3-6,8,10-14,20H2,1-2H3,(H,21,24). The van der Waals surface area contributed by atoms with Crippen LogP contribution in [-0.2, 0) is 11.2 Å². The van der Waals surface area contributed by atoms with Crippen molar-refractivity contribution in [2.45, 2.75) is 38.5 Å². The number of amides is 1. The first-order chi connectivity index (χ1) is 11.6. The van der Waals surface area contributed by atoms with Crippen LogP contribution in [-0.4, -0.2) is 51.1 Å². The number of anilines is 2. The molecule has 3 N–H and O–H groups in total. The van der Waals surface area contributed by atoms with Crippen LogP contribution in [0.4, 0.5) is 11.4 Å². The summed E-state index contributed by atoms with van der Waals surface area (Å²) in [5.41, 5.74) is 9.31. The number of aryl methyl sites for hydroxylation is 1. The summed E-state index contributed by atoms with van der Waals surface area (Å²) in [5, 5.41) is 3.00. The molecule has 0 bridgehead atoms. The van der Waals surface area contributed by atoms with Gasteiger partial charge in [-0.1, -0.05) is 6.07 Å². The van der Waals surface area contributed by atoms with Crippen molar-refractivity contribution in [3.8, 4) is 0 Å². The Hall–Kier alpha value is -1.75. The second-order valence-electron chi connectivity index (χ2n) is 6.95. The van der Waals surface area contributed by atoms with E-state index in [1.165, 1.54) is 12.8 Å². The molecule has 1 aliphatic rings. The maximum Gasteiger partial charge on any atom is 0.220 e. The smallest absolute Gasteiger partial charge is 0.220 e. The van der Waals surface area contributed by atoms with E-state index >= 15 is 0 Å². The van der Waals surface area contributed by atoms with Gasteiger partial charge in [0.25, 0.3) is 0 Å². The number of nitrogen functional groups attached to an aromatic ring is 1. The molecule has 0 unspecified atom stereocenters. The molecule has 0 atom stereocenters. The molecule has 1 aliphatic heterocycles. The summed E-state index contributed by atoms with van der Waals surface area (Å²) < 4.78 is 0. The van der Waals surface area contributed by atoms with Crippen LogP contribution in [0.2, 0.25) is 0 Å².